The molecule has 0 bridgehead atoms. The topological polar surface area (TPSA) is 62.6 Å². The fraction of sp³-hybridized carbons (Fsp3) is 0.474. The maximum atomic E-state index is 12.3. The molecule has 4 rings (SSSR count). The molecule has 0 radical (unpaired) electrons. The van der Waals surface area contributed by atoms with Crippen molar-refractivity contribution in [3.63, 3.8) is 0 Å². The predicted molar refractivity (Wildman–Crippen MR) is 93.7 cm³/mol. The van der Waals surface area contributed by atoms with Crippen LogP contribution in [-0.2, 0) is 16.0 Å². The minimum Gasteiger partial charge on any atom is -0.495 e. The van der Waals surface area contributed by atoms with Crippen LogP contribution in [0.25, 0.3) is 11.0 Å². The molecule has 1 saturated heterocycles. The molecule has 132 valence electrons. The summed E-state index contributed by atoms with van der Waals surface area (Å²) >= 11 is 0. The first kappa shape index (κ1) is 16.3. The van der Waals surface area contributed by atoms with E-state index in [0.29, 0.717) is 25.5 Å². The number of fused-ring (bicyclic) bond motifs is 1. The van der Waals surface area contributed by atoms with Crippen LogP contribution in [0.2, 0.25) is 0 Å². The number of allylic oxidation sites excluding steroid dienone is 2. The van der Waals surface area contributed by atoms with Crippen LogP contribution in [0.3, 0.4) is 0 Å². The molecule has 6 nitrogen and oxygen atoms in total. The summed E-state index contributed by atoms with van der Waals surface area (Å²) in [5, 5.41) is 0. The number of methoxy groups -OCH3 is 1. The highest BCUT2D eigenvalue weighted by molar-refractivity contribution is 5.75. The second-order valence-electron chi connectivity index (χ2n) is 6.53. The van der Waals surface area contributed by atoms with Crippen molar-refractivity contribution >= 4 is 11.0 Å². The molecule has 2 aliphatic rings. The van der Waals surface area contributed by atoms with Gasteiger partial charge in [0.15, 0.2) is 5.79 Å². The summed E-state index contributed by atoms with van der Waals surface area (Å²) in [4.78, 5) is 16.7. The fourth-order valence-electron chi connectivity index (χ4n) is 3.61. The van der Waals surface area contributed by atoms with E-state index in [9.17, 15) is 4.79 Å². The van der Waals surface area contributed by atoms with Gasteiger partial charge in [-0.3, -0.25) is 9.78 Å². The molecule has 0 N–H and O–H groups in total. The van der Waals surface area contributed by atoms with E-state index >= 15 is 0 Å². The number of aromatic nitrogens is 2. The quantitative estimate of drug-likeness (QED) is 0.803. The number of hydrogen-bond donors (Lipinski definition) is 0. The standard InChI is InChI=1S/C19H22N2O4/c1-23-15-12-17-16(20-13-15)2-3-18(22)21(17)9-6-14-4-7-19(8-5-14)24-10-11-25-19/h2-3,6,12-13H,4-5,7-11H2,1H3. The lowest BCUT2D eigenvalue weighted by Crippen LogP contribution is -2.33. The van der Waals surface area contributed by atoms with Crippen LogP contribution in [0.1, 0.15) is 25.7 Å². The summed E-state index contributed by atoms with van der Waals surface area (Å²) in [6, 6.07) is 5.18. The highest BCUT2D eigenvalue weighted by atomic mass is 16.7. The van der Waals surface area contributed by atoms with E-state index in [0.717, 1.165) is 36.7 Å². The molecule has 0 unspecified atom stereocenters. The first-order chi connectivity index (χ1) is 12.2. The second-order valence-corrected chi connectivity index (χ2v) is 6.53. The Labute approximate surface area is 146 Å². The third-order valence-electron chi connectivity index (χ3n) is 5.08. The van der Waals surface area contributed by atoms with E-state index in [2.05, 4.69) is 11.1 Å². The molecule has 1 aliphatic heterocycles. The van der Waals surface area contributed by atoms with Crippen molar-refractivity contribution in [2.75, 3.05) is 20.3 Å². The molecule has 6 heteroatoms. The van der Waals surface area contributed by atoms with Gasteiger partial charge in [-0.1, -0.05) is 11.6 Å². The van der Waals surface area contributed by atoms with Gasteiger partial charge >= 0.3 is 0 Å². The minimum atomic E-state index is -0.356. The van der Waals surface area contributed by atoms with Crippen molar-refractivity contribution in [2.45, 2.75) is 38.0 Å². The van der Waals surface area contributed by atoms with Gasteiger partial charge in [-0.05, 0) is 18.9 Å². The van der Waals surface area contributed by atoms with Crippen LogP contribution in [0.5, 0.6) is 5.75 Å². The van der Waals surface area contributed by atoms with Crippen LogP contribution in [0.4, 0.5) is 0 Å². The zero-order chi connectivity index (χ0) is 17.3. The van der Waals surface area contributed by atoms with Crippen LogP contribution in [0.15, 0.2) is 40.8 Å². The smallest absolute Gasteiger partial charge is 0.251 e. The lowest BCUT2D eigenvalue weighted by Gasteiger charge is -2.32. The lowest BCUT2D eigenvalue weighted by molar-refractivity contribution is -0.171. The van der Waals surface area contributed by atoms with E-state index in [-0.39, 0.29) is 11.3 Å². The minimum absolute atomic E-state index is 0.0332. The highest BCUT2D eigenvalue weighted by Gasteiger charge is 2.38. The maximum Gasteiger partial charge on any atom is 0.251 e. The highest BCUT2D eigenvalue weighted by Crippen LogP contribution is 2.37. The second kappa shape index (κ2) is 6.61. The number of ether oxygens (including phenoxy) is 3. The predicted octanol–water partition coefficient (Wildman–Crippen LogP) is 2.65. The molecule has 2 aromatic heterocycles. The Hall–Kier alpha value is -2.18. The van der Waals surface area contributed by atoms with Crippen LogP contribution in [0, 0.1) is 0 Å². The van der Waals surface area contributed by atoms with Crippen molar-refractivity contribution in [2.24, 2.45) is 0 Å². The summed E-state index contributed by atoms with van der Waals surface area (Å²) in [6.07, 6.45) is 7.49. The summed E-state index contributed by atoms with van der Waals surface area (Å²) in [5.41, 5.74) is 2.89. The number of hydrogen-bond acceptors (Lipinski definition) is 5. The average molecular weight is 342 g/mol. The molecule has 0 aromatic carbocycles. The molecule has 2 fully saturated rings. The van der Waals surface area contributed by atoms with E-state index in [1.165, 1.54) is 5.57 Å². The van der Waals surface area contributed by atoms with E-state index in [4.69, 9.17) is 14.2 Å². The van der Waals surface area contributed by atoms with Crippen LogP contribution < -0.4 is 10.3 Å². The molecular formula is C19H22N2O4. The molecule has 1 aliphatic carbocycles. The third-order valence-corrected chi connectivity index (χ3v) is 5.08. The molecule has 2 aromatic rings. The summed E-state index contributed by atoms with van der Waals surface area (Å²) in [6.45, 7) is 1.92. The van der Waals surface area contributed by atoms with Crippen molar-refractivity contribution in [1.29, 1.82) is 0 Å². The number of pyridine rings is 2. The first-order valence-electron chi connectivity index (χ1n) is 8.69. The van der Waals surface area contributed by atoms with Crippen molar-refractivity contribution < 1.29 is 14.2 Å². The molecule has 25 heavy (non-hydrogen) atoms. The Morgan fingerprint density at radius 1 is 1.28 bits per heavy atom. The van der Waals surface area contributed by atoms with Gasteiger partial charge in [0, 0.05) is 31.5 Å². The van der Waals surface area contributed by atoms with Gasteiger partial charge in [-0.25, -0.2) is 0 Å². The largest absolute Gasteiger partial charge is 0.495 e. The SMILES string of the molecule is COc1cnc2ccc(=O)n(CC=C3CCC4(CC3)OCCO4)c2c1. The summed E-state index contributed by atoms with van der Waals surface area (Å²) in [5.74, 6) is 0.292. The molecule has 0 amide bonds. The van der Waals surface area contributed by atoms with Gasteiger partial charge in [0.2, 0.25) is 0 Å². The fourth-order valence-corrected chi connectivity index (χ4v) is 3.61. The lowest BCUT2D eigenvalue weighted by atomic mass is 9.89. The molecule has 3 heterocycles. The van der Waals surface area contributed by atoms with Crippen LogP contribution in [-0.4, -0.2) is 35.7 Å². The van der Waals surface area contributed by atoms with Crippen LogP contribution >= 0.6 is 0 Å². The normalized spacial score (nSPS) is 19.5. The zero-order valence-corrected chi connectivity index (χ0v) is 14.4. The molecular weight excluding hydrogens is 320 g/mol. The Kier molecular flexibility index (Phi) is 4.31. The van der Waals surface area contributed by atoms with E-state index < -0.39 is 0 Å². The summed E-state index contributed by atoms with van der Waals surface area (Å²) in [7, 11) is 1.60. The Morgan fingerprint density at radius 3 is 2.76 bits per heavy atom. The van der Waals surface area contributed by atoms with Gasteiger partial charge in [-0.2, -0.15) is 0 Å². The van der Waals surface area contributed by atoms with Gasteiger partial charge in [0.1, 0.15) is 5.75 Å². The molecule has 0 atom stereocenters. The van der Waals surface area contributed by atoms with Crippen molar-refractivity contribution in [3.8, 4) is 5.75 Å². The Morgan fingerprint density at radius 2 is 2.04 bits per heavy atom. The number of nitrogens with zero attached hydrogens (tertiary/aromatic N) is 2. The monoisotopic (exact) mass is 342 g/mol. The Balaban J connectivity index is 1.56. The average Bonchev–Trinajstić information content (AvgIpc) is 3.10. The van der Waals surface area contributed by atoms with Gasteiger partial charge in [0.25, 0.3) is 5.56 Å². The summed E-state index contributed by atoms with van der Waals surface area (Å²) < 4.78 is 18.5. The van der Waals surface area contributed by atoms with Gasteiger partial charge in [0.05, 0.1) is 37.6 Å². The molecule has 1 saturated carbocycles. The first-order valence-corrected chi connectivity index (χ1v) is 8.69. The number of rotatable bonds is 3. The van der Waals surface area contributed by atoms with E-state index in [1.54, 1.807) is 30.0 Å². The third kappa shape index (κ3) is 3.19. The van der Waals surface area contributed by atoms with E-state index in [1.807, 2.05) is 6.07 Å². The zero-order valence-electron chi connectivity index (χ0n) is 14.4. The van der Waals surface area contributed by atoms with Crippen molar-refractivity contribution in [1.82, 2.24) is 9.55 Å². The van der Waals surface area contributed by atoms with Gasteiger partial charge < -0.3 is 18.8 Å². The Bertz CT molecular complexity index is 853. The van der Waals surface area contributed by atoms with Gasteiger partial charge in [-0.15, -0.1) is 0 Å². The maximum absolute atomic E-state index is 12.3. The molecule has 1 spiro atoms. The van der Waals surface area contributed by atoms with Crippen molar-refractivity contribution in [3.05, 3.63) is 46.4 Å².